The molecule has 2 rings (SSSR count). The van der Waals surface area contributed by atoms with E-state index in [1.54, 1.807) is 0 Å². The maximum absolute atomic E-state index is 4.39. The molecule has 0 unspecified atom stereocenters. The van der Waals surface area contributed by atoms with Crippen LogP contribution in [-0.4, -0.2) is 42.6 Å². The number of anilines is 1. The van der Waals surface area contributed by atoms with Crippen LogP contribution in [0.15, 0.2) is 24.4 Å². The Morgan fingerprint density at radius 3 is 2.62 bits per heavy atom. The monoisotopic (exact) mass is 218 g/mol. The normalized spacial score (nSPS) is 17.7. The molecule has 2 heterocycles. The van der Waals surface area contributed by atoms with Gasteiger partial charge in [0, 0.05) is 32.4 Å². The lowest BCUT2D eigenvalue weighted by Gasteiger charge is -2.35. The number of rotatable bonds is 4. The van der Waals surface area contributed by atoms with E-state index in [4.69, 9.17) is 0 Å². The van der Waals surface area contributed by atoms with Crippen molar-refractivity contribution >= 4 is 5.82 Å². The molecule has 0 amide bonds. The minimum Gasteiger partial charge on any atom is -0.354 e. The molecule has 0 atom stereocenters. The minimum atomic E-state index is 1.04. The SMILES string of the molecule is [CH2]CCCN1CCN(c2ccccn2)CC1. The first-order chi connectivity index (χ1) is 7.90. The highest BCUT2D eigenvalue weighted by Crippen LogP contribution is 2.12. The summed E-state index contributed by atoms with van der Waals surface area (Å²) in [5, 5.41) is 0. The average molecular weight is 218 g/mol. The second kappa shape index (κ2) is 5.85. The highest BCUT2D eigenvalue weighted by Gasteiger charge is 2.16. The van der Waals surface area contributed by atoms with Crippen molar-refractivity contribution in [2.24, 2.45) is 0 Å². The van der Waals surface area contributed by atoms with Crippen LogP contribution >= 0.6 is 0 Å². The second-order valence-corrected chi connectivity index (χ2v) is 4.22. The summed E-state index contributed by atoms with van der Waals surface area (Å²) in [6.45, 7) is 9.56. The first-order valence-corrected chi connectivity index (χ1v) is 6.08. The summed E-state index contributed by atoms with van der Waals surface area (Å²) in [6.07, 6.45) is 4.12. The third-order valence-electron chi connectivity index (χ3n) is 3.07. The number of aromatic nitrogens is 1. The molecule has 0 bridgehead atoms. The van der Waals surface area contributed by atoms with Crippen molar-refractivity contribution < 1.29 is 0 Å². The van der Waals surface area contributed by atoms with E-state index in [1.165, 1.54) is 13.0 Å². The Labute approximate surface area is 98.1 Å². The van der Waals surface area contributed by atoms with Crippen molar-refractivity contribution in [2.45, 2.75) is 12.8 Å². The molecule has 1 saturated heterocycles. The van der Waals surface area contributed by atoms with Crippen molar-refractivity contribution in [1.82, 2.24) is 9.88 Å². The molecule has 3 nitrogen and oxygen atoms in total. The van der Waals surface area contributed by atoms with E-state index in [2.05, 4.69) is 33.8 Å². The molecule has 0 saturated carbocycles. The molecular formula is C13H20N3. The number of hydrogen-bond donors (Lipinski definition) is 0. The number of unbranched alkanes of at least 4 members (excludes halogenated alkanes) is 1. The summed E-state index contributed by atoms with van der Waals surface area (Å²) in [7, 11) is 0. The van der Waals surface area contributed by atoms with Gasteiger partial charge in [-0.15, -0.1) is 0 Å². The zero-order valence-corrected chi connectivity index (χ0v) is 9.81. The predicted octanol–water partition coefficient (Wildman–Crippen LogP) is 1.82. The van der Waals surface area contributed by atoms with E-state index in [0.29, 0.717) is 0 Å². The Morgan fingerprint density at radius 2 is 2.00 bits per heavy atom. The van der Waals surface area contributed by atoms with Crippen LogP contribution in [0.2, 0.25) is 0 Å². The van der Waals surface area contributed by atoms with Gasteiger partial charge in [0.15, 0.2) is 0 Å². The van der Waals surface area contributed by atoms with Gasteiger partial charge in [-0.25, -0.2) is 4.98 Å². The molecule has 16 heavy (non-hydrogen) atoms. The Bertz CT molecular complexity index is 291. The second-order valence-electron chi connectivity index (χ2n) is 4.22. The summed E-state index contributed by atoms with van der Waals surface area (Å²) in [5.41, 5.74) is 0. The van der Waals surface area contributed by atoms with Crippen LogP contribution < -0.4 is 4.90 Å². The van der Waals surface area contributed by atoms with Crippen LogP contribution in [0, 0.1) is 6.92 Å². The zero-order chi connectivity index (χ0) is 11.2. The van der Waals surface area contributed by atoms with Gasteiger partial charge in [-0.3, -0.25) is 4.90 Å². The van der Waals surface area contributed by atoms with Crippen molar-refractivity contribution in [3.63, 3.8) is 0 Å². The summed E-state index contributed by atoms with van der Waals surface area (Å²) in [5.74, 6) is 1.11. The fourth-order valence-electron chi connectivity index (χ4n) is 2.08. The Hall–Kier alpha value is -1.09. The number of piperazine rings is 1. The van der Waals surface area contributed by atoms with E-state index in [9.17, 15) is 0 Å². The number of pyridine rings is 1. The van der Waals surface area contributed by atoms with Crippen LogP contribution in [-0.2, 0) is 0 Å². The van der Waals surface area contributed by atoms with Crippen molar-refractivity contribution in [2.75, 3.05) is 37.6 Å². The summed E-state index contributed by atoms with van der Waals surface area (Å²) >= 11 is 0. The summed E-state index contributed by atoms with van der Waals surface area (Å²) < 4.78 is 0. The van der Waals surface area contributed by atoms with Crippen LogP contribution in [0.1, 0.15) is 12.8 Å². The van der Waals surface area contributed by atoms with Crippen molar-refractivity contribution in [3.8, 4) is 0 Å². The van der Waals surface area contributed by atoms with Gasteiger partial charge >= 0.3 is 0 Å². The molecule has 1 aromatic rings. The predicted molar refractivity (Wildman–Crippen MR) is 67.5 cm³/mol. The van der Waals surface area contributed by atoms with E-state index < -0.39 is 0 Å². The maximum Gasteiger partial charge on any atom is 0.128 e. The molecule has 1 radical (unpaired) electrons. The van der Waals surface area contributed by atoms with Gasteiger partial charge in [0.25, 0.3) is 0 Å². The lowest BCUT2D eigenvalue weighted by molar-refractivity contribution is 0.255. The Balaban J connectivity index is 1.81. The van der Waals surface area contributed by atoms with Crippen molar-refractivity contribution in [3.05, 3.63) is 31.3 Å². The quantitative estimate of drug-likeness (QED) is 0.768. The van der Waals surface area contributed by atoms with E-state index >= 15 is 0 Å². The number of nitrogens with zero attached hydrogens (tertiary/aromatic N) is 3. The van der Waals surface area contributed by atoms with Crippen LogP contribution in [0.3, 0.4) is 0 Å². The first-order valence-electron chi connectivity index (χ1n) is 6.08. The van der Waals surface area contributed by atoms with E-state index in [0.717, 1.165) is 38.4 Å². The minimum absolute atomic E-state index is 1.04. The standard InChI is InChI=1S/C13H20N3/c1-2-3-8-15-9-11-16(12-10-15)13-6-4-5-7-14-13/h4-7H,1-3,8-12H2. The van der Waals surface area contributed by atoms with Crippen LogP contribution in [0.5, 0.6) is 0 Å². The third-order valence-corrected chi connectivity index (χ3v) is 3.07. The fourth-order valence-corrected chi connectivity index (χ4v) is 2.08. The maximum atomic E-state index is 4.39. The Kier molecular flexibility index (Phi) is 4.17. The molecule has 3 heteroatoms. The van der Waals surface area contributed by atoms with E-state index in [1.807, 2.05) is 12.3 Å². The average Bonchev–Trinajstić information content (AvgIpc) is 2.38. The molecule has 1 aromatic heterocycles. The van der Waals surface area contributed by atoms with Gasteiger partial charge in [-0.1, -0.05) is 19.4 Å². The molecule has 1 fully saturated rings. The fraction of sp³-hybridized carbons (Fsp3) is 0.538. The molecule has 1 aliphatic heterocycles. The highest BCUT2D eigenvalue weighted by atomic mass is 15.3. The lowest BCUT2D eigenvalue weighted by Crippen LogP contribution is -2.46. The first kappa shape index (κ1) is 11.4. The lowest BCUT2D eigenvalue weighted by atomic mass is 10.2. The van der Waals surface area contributed by atoms with Crippen LogP contribution in [0.4, 0.5) is 5.82 Å². The molecule has 0 N–H and O–H groups in total. The van der Waals surface area contributed by atoms with Gasteiger partial charge in [0.1, 0.15) is 5.82 Å². The molecule has 0 aromatic carbocycles. The highest BCUT2D eigenvalue weighted by molar-refractivity contribution is 5.38. The Morgan fingerprint density at radius 1 is 1.19 bits per heavy atom. The molecule has 0 spiro atoms. The van der Waals surface area contributed by atoms with Crippen LogP contribution in [0.25, 0.3) is 0 Å². The van der Waals surface area contributed by atoms with Gasteiger partial charge in [-0.05, 0) is 25.1 Å². The molecule has 87 valence electrons. The molecular weight excluding hydrogens is 198 g/mol. The van der Waals surface area contributed by atoms with Gasteiger partial charge in [0.2, 0.25) is 0 Å². The topological polar surface area (TPSA) is 19.4 Å². The molecule has 1 aliphatic rings. The molecule has 0 aliphatic carbocycles. The largest absolute Gasteiger partial charge is 0.354 e. The number of hydrogen-bond acceptors (Lipinski definition) is 3. The summed E-state index contributed by atoms with van der Waals surface area (Å²) in [6, 6.07) is 6.11. The van der Waals surface area contributed by atoms with Gasteiger partial charge in [0.05, 0.1) is 0 Å². The van der Waals surface area contributed by atoms with E-state index in [-0.39, 0.29) is 0 Å². The van der Waals surface area contributed by atoms with Gasteiger partial charge in [-0.2, -0.15) is 0 Å². The zero-order valence-electron chi connectivity index (χ0n) is 9.81. The third kappa shape index (κ3) is 2.95. The van der Waals surface area contributed by atoms with Crippen molar-refractivity contribution in [1.29, 1.82) is 0 Å². The smallest absolute Gasteiger partial charge is 0.128 e. The summed E-state index contributed by atoms with van der Waals surface area (Å²) in [4.78, 5) is 9.27. The van der Waals surface area contributed by atoms with Gasteiger partial charge < -0.3 is 4.90 Å².